The van der Waals surface area contributed by atoms with Crippen molar-refractivity contribution in [3.8, 4) is 22.4 Å². The lowest BCUT2D eigenvalue weighted by molar-refractivity contribution is -0.660. The van der Waals surface area contributed by atoms with E-state index in [1.807, 2.05) is 66.3 Å². The number of hydrogen-bond acceptors (Lipinski definition) is 1. The second-order valence-corrected chi connectivity index (χ2v) is 9.19. The van der Waals surface area contributed by atoms with Crippen molar-refractivity contribution in [3.63, 3.8) is 0 Å². The first-order chi connectivity index (χ1) is 17.4. The van der Waals surface area contributed by atoms with E-state index in [9.17, 15) is 0 Å². The van der Waals surface area contributed by atoms with Crippen molar-refractivity contribution in [2.24, 2.45) is 7.05 Å². The average Bonchev–Trinajstić information content (AvgIpc) is 3.48. The fourth-order valence-corrected chi connectivity index (χ4v) is 5.33. The lowest BCUT2D eigenvalue weighted by Crippen LogP contribution is -2.31. The first-order valence-corrected chi connectivity index (χ1v) is 11.8. The number of fused-ring (bicyclic) bond motifs is 3. The highest BCUT2D eigenvalue weighted by atomic mass is 16.3. The Kier molecular flexibility index (Phi) is 4.44. The van der Waals surface area contributed by atoms with Crippen molar-refractivity contribution in [2.75, 3.05) is 0 Å². The third-order valence-corrected chi connectivity index (χ3v) is 7.10. The number of hydrogen-bond donors (Lipinski definition) is 0. The quantitative estimate of drug-likeness (QED) is 0.202. The largest absolute Gasteiger partial charge is 0.456 e. The number of aromatic nitrogens is 1. The monoisotopic (exact) mass is 445 g/mol. The Morgan fingerprint density at radius 3 is 2.44 bits per heavy atom. The second kappa shape index (κ2) is 8.15. The van der Waals surface area contributed by atoms with E-state index in [1.54, 1.807) is 0 Å². The van der Waals surface area contributed by atoms with Gasteiger partial charge in [-0.3, -0.25) is 0 Å². The molecule has 34 heavy (non-hydrogen) atoms. The molecule has 0 radical (unpaired) electrons. The van der Waals surface area contributed by atoms with Crippen LogP contribution in [-0.4, -0.2) is 0 Å². The Hall–Kier alpha value is -3.90. The zero-order chi connectivity index (χ0) is 25.0. The van der Waals surface area contributed by atoms with Crippen molar-refractivity contribution in [1.82, 2.24) is 0 Å². The van der Waals surface area contributed by atoms with Gasteiger partial charge < -0.3 is 4.42 Å². The maximum atomic E-state index is 9.08. The maximum absolute atomic E-state index is 9.08. The lowest BCUT2D eigenvalue weighted by Gasteiger charge is -2.11. The van der Waals surface area contributed by atoms with Crippen molar-refractivity contribution >= 4 is 27.6 Å². The molecule has 6 rings (SSSR count). The molecule has 0 N–H and O–H groups in total. The van der Waals surface area contributed by atoms with Gasteiger partial charge in [0.15, 0.2) is 11.9 Å². The molecule has 0 unspecified atom stereocenters. The van der Waals surface area contributed by atoms with Crippen LogP contribution in [0.1, 0.15) is 45.4 Å². The molecule has 166 valence electrons. The Balaban J connectivity index is 1.67. The van der Waals surface area contributed by atoms with Crippen LogP contribution in [0.4, 0.5) is 5.69 Å². The zero-order valence-electron chi connectivity index (χ0n) is 21.5. The molecule has 2 heterocycles. The number of pyridine rings is 1. The summed E-state index contributed by atoms with van der Waals surface area (Å²) in [5.41, 5.74) is 7.58. The van der Waals surface area contributed by atoms with Gasteiger partial charge in [0.05, 0.1) is 13.5 Å². The summed E-state index contributed by atoms with van der Waals surface area (Å²) in [4.78, 5) is 3.80. The van der Waals surface area contributed by atoms with Crippen LogP contribution in [0.15, 0.2) is 77.3 Å². The Morgan fingerprint density at radius 1 is 1.00 bits per heavy atom. The normalized spacial score (nSPS) is 15.9. The molecule has 1 aliphatic rings. The summed E-state index contributed by atoms with van der Waals surface area (Å²) < 4.78 is 26.4. The smallest absolute Gasteiger partial charge is 0.216 e. The van der Waals surface area contributed by atoms with Crippen LogP contribution in [0.2, 0.25) is 0 Å². The van der Waals surface area contributed by atoms with Gasteiger partial charge in [-0.15, -0.1) is 0 Å². The van der Waals surface area contributed by atoms with Crippen LogP contribution in [-0.2, 0) is 7.05 Å². The summed E-state index contributed by atoms with van der Waals surface area (Å²) in [6.07, 6.45) is 5.47. The van der Waals surface area contributed by atoms with Gasteiger partial charge in [-0.05, 0) is 42.3 Å². The Bertz CT molecular complexity index is 1690. The average molecular weight is 446 g/mol. The molecule has 1 aliphatic carbocycles. The lowest BCUT2D eigenvalue weighted by atomic mass is 9.94. The maximum Gasteiger partial charge on any atom is 0.216 e. The number of nitrogens with zero attached hydrogens (tertiary/aromatic N) is 2. The molecule has 3 aromatic carbocycles. The molecule has 0 amide bonds. The molecule has 0 spiro atoms. The van der Waals surface area contributed by atoms with E-state index in [0.29, 0.717) is 17.3 Å². The summed E-state index contributed by atoms with van der Waals surface area (Å²) in [6.45, 7) is 9.85. The van der Waals surface area contributed by atoms with Gasteiger partial charge in [-0.2, -0.15) is 0 Å². The fraction of sp³-hybridized carbons (Fsp3) is 0.226. The fourth-order valence-electron chi connectivity index (χ4n) is 5.33. The molecule has 1 saturated carbocycles. The Labute approximate surface area is 202 Å². The predicted molar refractivity (Wildman–Crippen MR) is 138 cm³/mol. The van der Waals surface area contributed by atoms with Crippen molar-refractivity contribution in [1.29, 1.82) is 0 Å². The zero-order valence-corrected chi connectivity index (χ0v) is 19.5. The van der Waals surface area contributed by atoms with Crippen LogP contribution in [0.25, 0.3) is 49.2 Å². The topological polar surface area (TPSA) is 21.4 Å². The summed E-state index contributed by atoms with van der Waals surface area (Å²) in [5.74, 6) is -0.708. The molecular formula is C31H27N2O+. The minimum absolute atomic E-state index is 0.417. The minimum atomic E-state index is -0.708. The highest BCUT2D eigenvalue weighted by Crippen LogP contribution is 2.44. The molecule has 1 fully saturated rings. The first-order valence-electron chi connectivity index (χ1n) is 12.8. The van der Waals surface area contributed by atoms with E-state index in [0.717, 1.165) is 75.5 Å². The van der Waals surface area contributed by atoms with Crippen LogP contribution in [0.5, 0.6) is 0 Å². The van der Waals surface area contributed by atoms with Gasteiger partial charge in [0, 0.05) is 29.8 Å². The van der Waals surface area contributed by atoms with E-state index in [-0.39, 0.29) is 0 Å². The van der Waals surface area contributed by atoms with Gasteiger partial charge >= 0.3 is 0 Å². The van der Waals surface area contributed by atoms with Gasteiger partial charge in [-0.25, -0.2) is 9.41 Å². The first kappa shape index (κ1) is 18.5. The third-order valence-electron chi connectivity index (χ3n) is 7.10. The summed E-state index contributed by atoms with van der Waals surface area (Å²) in [7, 11) is 1.95. The number of furan rings is 1. The number of aryl methyl sites for hydroxylation is 2. The van der Waals surface area contributed by atoms with Crippen LogP contribution >= 0.6 is 0 Å². The molecule has 5 aromatic rings. The summed E-state index contributed by atoms with van der Waals surface area (Å²) >= 11 is 0. The highest BCUT2D eigenvalue weighted by molar-refractivity contribution is 6.15. The van der Waals surface area contributed by atoms with E-state index in [2.05, 4.69) is 23.9 Å². The minimum Gasteiger partial charge on any atom is -0.456 e. The van der Waals surface area contributed by atoms with Crippen LogP contribution in [0.3, 0.4) is 0 Å². The summed E-state index contributed by atoms with van der Waals surface area (Å²) in [5, 5.41) is 1.97. The standard InChI is InChI=1S/C31H27N2O/c1-20-13-14-24-25-15-16-26(32-2)29(22-11-5-4-6-12-22)31(25)34-30(24)28(20)27-19-23(17-18-33(27)3)21-9-7-8-10-21/h4-6,11-19,21H,7-10H2,1,3H3/q+1/i17D,21D. The number of benzene rings is 3. The van der Waals surface area contributed by atoms with E-state index >= 15 is 0 Å². The molecule has 0 atom stereocenters. The third kappa shape index (κ3) is 3.22. The molecular weight excluding hydrogens is 416 g/mol. The van der Waals surface area contributed by atoms with E-state index < -0.39 is 5.89 Å². The summed E-state index contributed by atoms with van der Waals surface area (Å²) in [6, 6.07) is 20.5. The van der Waals surface area contributed by atoms with E-state index in [1.165, 1.54) is 0 Å². The van der Waals surface area contributed by atoms with Crippen molar-refractivity contribution < 1.29 is 11.7 Å². The predicted octanol–water partition coefficient (Wildman–Crippen LogP) is 8.26. The van der Waals surface area contributed by atoms with E-state index in [4.69, 9.17) is 13.7 Å². The molecule has 3 heteroatoms. The van der Waals surface area contributed by atoms with Gasteiger partial charge in [0.25, 0.3) is 0 Å². The molecule has 2 aromatic heterocycles. The highest BCUT2D eigenvalue weighted by Gasteiger charge is 2.25. The van der Waals surface area contributed by atoms with Crippen LogP contribution in [0, 0.1) is 13.5 Å². The van der Waals surface area contributed by atoms with Crippen molar-refractivity contribution in [3.05, 3.63) is 95.4 Å². The Morgan fingerprint density at radius 2 is 1.71 bits per heavy atom. The SMILES string of the molecule is [2H]c1c[n+](C)c(-c2c(C)ccc3c2oc2c(-c4ccccc4)c([N+]#[C-])ccc23)cc1C1([2H])CCCC1. The molecule has 0 bridgehead atoms. The molecule has 3 nitrogen and oxygen atoms in total. The molecule has 0 aliphatic heterocycles. The van der Waals surface area contributed by atoms with Gasteiger partial charge in [0.2, 0.25) is 5.69 Å². The van der Waals surface area contributed by atoms with Gasteiger partial charge in [-0.1, -0.05) is 67.4 Å². The van der Waals surface area contributed by atoms with Gasteiger partial charge in [0.1, 0.15) is 18.2 Å². The van der Waals surface area contributed by atoms with Crippen LogP contribution < -0.4 is 4.57 Å². The molecule has 0 saturated heterocycles. The van der Waals surface area contributed by atoms with Crippen molar-refractivity contribution in [2.45, 2.75) is 38.5 Å². The second-order valence-electron chi connectivity index (χ2n) is 9.19. The number of rotatable bonds is 3.